The van der Waals surface area contributed by atoms with Crippen LogP contribution in [0, 0.1) is 0 Å². The summed E-state index contributed by atoms with van der Waals surface area (Å²) in [7, 11) is 0. The zero-order chi connectivity index (χ0) is 20.6. The Balaban J connectivity index is 1.82. The molecule has 1 aliphatic rings. The van der Waals surface area contributed by atoms with Crippen LogP contribution in [-0.4, -0.2) is 50.6 Å². The minimum Gasteiger partial charge on any atom is -0.480 e. The van der Waals surface area contributed by atoms with Gasteiger partial charge in [-0.05, 0) is 39.3 Å². The lowest BCUT2D eigenvalue weighted by atomic mass is 9.96. The second-order valence-electron chi connectivity index (χ2n) is 8.02. The van der Waals surface area contributed by atoms with Crippen LogP contribution in [0.1, 0.15) is 39.0 Å². The van der Waals surface area contributed by atoms with Gasteiger partial charge in [-0.2, -0.15) is 0 Å². The molecule has 0 bridgehead atoms. The number of fused-ring (bicyclic) bond motifs is 3. The molecule has 0 saturated heterocycles. The number of carbonyl (C=O) groups is 3. The molecule has 2 aromatic rings. The fourth-order valence-electron chi connectivity index (χ4n) is 3.45. The molecule has 1 aliphatic heterocycles. The van der Waals surface area contributed by atoms with Crippen LogP contribution in [0.25, 0.3) is 10.9 Å². The van der Waals surface area contributed by atoms with Crippen LogP contribution in [0.15, 0.2) is 24.3 Å². The lowest BCUT2D eigenvalue weighted by Crippen LogP contribution is -2.55. The first-order valence-corrected chi connectivity index (χ1v) is 9.18. The van der Waals surface area contributed by atoms with E-state index < -0.39 is 35.7 Å². The number of aromatic amines is 1. The Morgan fingerprint density at radius 1 is 1.29 bits per heavy atom. The molecule has 0 unspecified atom stereocenters. The van der Waals surface area contributed by atoms with Crippen molar-refractivity contribution in [1.82, 2.24) is 15.2 Å². The average Bonchev–Trinajstić information content (AvgIpc) is 2.95. The quantitative estimate of drug-likeness (QED) is 0.749. The molecular weight excluding hydrogens is 362 g/mol. The molecule has 3 N–H and O–H groups in total. The van der Waals surface area contributed by atoms with Crippen LogP contribution < -0.4 is 5.32 Å². The van der Waals surface area contributed by atoms with E-state index >= 15 is 0 Å². The number of nitrogens with zero attached hydrogens (tertiary/aromatic N) is 1. The molecule has 0 radical (unpaired) electrons. The van der Waals surface area contributed by atoms with Crippen molar-refractivity contribution in [1.29, 1.82) is 0 Å². The Morgan fingerprint density at radius 3 is 2.61 bits per heavy atom. The zero-order valence-electron chi connectivity index (χ0n) is 16.4. The predicted octanol–water partition coefficient (Wildman–Crippen LogP) is 2.42. The number of carboxylic acid groups (broad SMARTS) is 1. The second kappa shape index (κ2) is 7.18. The van der Waals surface area contributed by atoms with Crippen molar-refractivity contribution in [3.63, 3.8) is 0 Å². The number of aliphatic carboxylic acids is 1. The van der Waals surface area contributed by atoms with Gasteiger partial charge < -0.3 is 25.0 Å². The van der Waals surface area contributed by atoms with Gasteiger partial charge in [0.15, 0.2) is 0 Å². The van der Waals surface area contributed by atoms with Crippen LogP contribution in [0.3, 0.4) is 0 Å². The van der Waals surface area contributed by atoms with Gasteiger partial charge in [0.2, 0.25) is 5.91 Å². The fourth-order valence-corrected chi connectivity index (χ4v) is 3.45. The molecule has 8 nitrogen and oxygen atoms in total. The van der Waals surface area contributed by atoms with E-state index in [-0.39, 0.29) is 13.0 Å². The van der Waals surface area contributed by atoms with E-state index in [1.807, 2.05) is 24.3 Å². The minimum atomic E-state index is -1.08. The number of hydrogen-bond acceptors (Lipinski definition) is 4. The molecule has 0 saturated carbocycles. The van der Waals surface area contributed by atoms with Gasteiger partial charge in [-0.25, -0.2) is 9.59 Å². The van der Waals surface area contributed by atoms with Crippen molar-refractivity contribution in [2.45, 2.75) is 58.3 Å². The Kier molecular flexibility index (Phi) is 5.06. The maximum absolute atomic E-state index is 12.9. The van der Waals surface area contributed by atoms with Gasteiger partial charge in [0.1, 0.15) is 17.7 Å². The van der Waals surface area contributed by atoms with Gasteiger partial charge in [-0.1, -0.05) is 18.2 Å². The molecule has 0 aliphatic carbocycles. The largest absolute Gasteiger partial charge is 0.480 e. The smallest absolute Gasteiger partial charge is 0.408 e. The second-order valence-corrected chi connectivity index (χ2v) is 8.02. The van der Waals surface area contributed by atoms with Gasteiger partial charge in [0, 0.05) is 23.0 Å². The SMILES string of the molecule is C[C@H](NC(=O)OC(C)(C)C)C(=O)N1Cc2[nH]c3ccccc3c2C[C@H]1C(=O)O. The van der Waals surface area contributed by atoms with E-state index in [4.69, 9.17) is 4.74 Å². The van der Waals surface area contributed by atoms with Crippen LogP contribution in [0.4, 0.5) is 4.79 Å². The lowest BCUT2D eigenvalue weighted by molar-refractivity contribution is -0.152. The first kappa shape index (κ1) is 19.7. The molecular formula is C20H25N3O5. The highest BCUT2D eigenvalue weighted by Gasteiger charge is 2.38. The maximum Gasteiger partial charge on any atom is 0.408 e. The molecule has 0 fully saturated rings. The summed E-state index contributed by atoms with van der Waals surface area (Å²) in [6.45, 7) is 6.83. The van der Waals surface area contributed by atoms with Gasteiger partial charge in [0.25, 0.3) is 0 Å². The Hall–Kier alpha value is -3.03. The van der Waals surface area contributed by atoms with Gasteiger partial charge >= 0.3 is 12.1 Å². The number of hydrogen-bond donors (Lipinski definition) is 3. The molecule has 150 valence electrons. The van der Waals surface area contributed by atoms with Gasteiger partial charge in [0.05, 0.1) is 6.54 Å². The number of amides is 2. The highest BCUT2D eigenvalue weighted by atomic mass is 16.6. The van der Waals surface area contributed by atoms with Crippen molar-refractivity contribution in [2.24, 2.45) is 0 Å². The van der Waals surface area contributed by atoms with E-state index in [0.29, 0.717) is 0 Å². The van der Waals surface area contributed by atoms with Crippen molar-refractivity contribution >= 4 is 28.9 Å². The van der Waals surface area contributed by atoms with Gasteiger partial charge in [-0.3, -0.25) is 4.79 Å². The number of para-hydroxylation sites is 1. The van der Waals surface area contributed by atoms with Crippen LogP contribution >= 0.6 is 0 Å². The predicted molar refractivity (Wildman–Crippen MR) is 103 cm³/mol. The van der Waals surface area contributed by atoms with E-state index in [0.717, 1.165) is 22.2 Å². The number of benzene rings is 1. The highest BCUT2D eigenvalue weighted by molar-refractivity contribution is 5.91. The van der Waals surface area contributed by atoms with Crippen molar-refractivity contribution in [3.05, 3.63) is 35.5 Å². The molecule has 0 spiro atoms. The summed E-state index contributed by atoms with van der Waals surface area (Å²) in [4.78, 5) is 41.3. The lowest BCUT2D eigenvalue weighted by Gasteiger charge is -2.35. The summed E-state index contributed by atoms with van der Waals surface area (Å²) >= 11 is 0. The third kappa shape index (κ3) is 3.95. The third-order valence-corrected chi connectivity index (χ3v) is 4.68. The molecule has 2 amide bonds. The van der Waals surface area contributed by atoms with E-state index in [1.165, 1.54) is 11.8 Å². The highest BCUT2D eigenvalue weighted by Crippen LogP contribution is 2.30. The third-order valence-electron chi connectivity index (χ3n) is 4.68. The number of carbonyl (C=O) groups excluding carboxylic acids is 2. The number of nitrogens with one attached hydrogen (secondary N) is 2. The maximum atomic E-state index is 12.9. The molecule has 2 heterocycles. The first-order chi connectivity index (χ1) is 13.1. The Bertz CT molecular complexity index is 928. The average molecular weight is 387 g/mol. The normalized spacial score (nSPS) is 17.7. The molecule has 1 aromatic heterocycles. The van der Waals surface area contributed by atoms with E-state index in [9.17, 15) is 19.5 Å². The number of ether oxygens (including phenoxy) is 1. The molecule has 2 atom stereocenters. The molecule has 8 heteroatoms. The summed E-state index contributed by atoms with van der Waals surface area (Å²) in [6.07, 6.45) is -0.511. The molecule has 28 heavy (non-hydrogen) atoms. The monoisotopic (exact) mass is 387 g/mol. The fraction of sp³-hybridized carbons (Fsp3) is 0.450. The van der Waals surface area contributed by atoms with Crippen molar-refractivity contribution < 1.29 is 24.2 Å². The van der Waals surface area contributed by atoms with Gasteiger partial charge in [-0.15, -0.1) is 0 Å². The van der Waals surface area contributed by atoms with E-state index in [1.54, 1.807) is 20.8 Å². The van der Waals surface area contributed by atoms with Crippen LogP contribution in [0.5, 0.6) is 0 Å². The van der Waals surface area contributed by atoms with Crippen LogP contribution in [0.2, 0.25) is 0 Å². The van der Waals surface area contributed by atoms with Crippen molar-refractivity contribution in [3.8, 4) is 0 Å². The molecule has 1 aromatic carbocycles. The summed E-state index contributed by atoms with van der Waals surface area (Å²) in [6, 6.07) is 5.74. The summed E-state index contributed by atoms with van der Waals surface area (Å²) in [5, 5.41) is 13.1. The number of H-pyrrole nitrogens is 1. The number of rotatable bonds is 3. The summed E-state index contributed by atoms with van der Waals surface area (Å²) in [5.41, 5.74) is 1.95. The number of aromatic nitrogens is 1. The first-order valence-electron chi connectivity index (χ1n) is 9.18. The summed E-state index contributed by atoms with van der Waals surface area (Å²) in [5.74, 6) is -1.55. The summed E-state index contributed by atoms with van der Waals surface area (Å²) < 4.78 is 5.17. The Labute approximate surface area is 162 Å². The van der Waals surface area contributed by atoms with Crippen LogP contribution in [-0.2, 0) is 27.3 Å². The van der Waals surface area contributed by atoms with E-state index in [2.05, 4.69) is 10.3 Å². The Morgan fingerprint density at radius 2 is 1.96 bits per heavy atom. The zero-order valence-corrected chi connectivity index (χ0v) is 16.4. The standard InChI is InChI=1S/C20H25N3O5/c1-11(21-19(27)28-20(2,3)4)17(24)23-10-15-13(9-16(23)18(25)26)12-7-5-6-8-14(12)22-15/h5-8,11,16,22H,9-10H2,1-4H3,(H,21,27)(H,25,26)/t11-,16-/m0/s1. The minimum absolute atomic E-state index is 0.139. The van der Waals surface area contributed by atoms with Crippen molar-refractivity contribution in [2.75, 3.05) is 0 Å². The number of alkyl carbamates (subject to hydrolysis) is 1. The molecule has 3 rings (SSSR count). The number of carboxylic acids is 1. The topological polar surface area (TPSA) is 112 Å².